The Hall–Kier alpha value is -1.42. The van der Waals surface area contributed by atoms with Crippen LogP contribution in [-0.2, 0) is 6.54 Å². The van der Waals surface area contributed by atoms with Crippen LogP contribution in [0.2, 0.25) is 0 Å². The van der Waals surface area contributed by atoms with Gasteiger partial charge in [0, 0.05) is 23.6 Å². The Morgan fingerprint density at radius 1 is 1.27 bits per heavy atom. The van der Waals surface area contributed by atoms with Crippen LogP contribution in [0.1, 0.15) is 5.56 Å². The smallest absolute Gasteiger partial charge is 0.250 e. The zero-order valence-corrected chi connectivity index (χ0v) is 8.13. The molecule has 0 aliphatic heterocycles. The van der Waals surface area contributed by atoms with E-state index >= 15 is 0 Å². The van der Waals surface area contributed by atoms with E-state index in [0.717, 1.165) is 16.5 Å². The molecule has 0 radical (unpaired) electrons. The number of halogens is 2. The highest BCUT2D eigenvalue weighted by Crippen LogP contribution is 2.17. The number of rotatable bonds is 4. The lowest BCUT2D eigenvalue weighted by Crippen LogP contribution is -2.20. The average Bonchev–Trinajstić information content (AvgIpc) is 2.62. The third-order valence-electron chi connectivity index (χ3n) is 2.29. The quantitative estimate of drug-likeness (QED) is 0.797. The molecule has 2 N–H and O–H groups in total. The number of H-pyrrole nitrogens is 1. The molecule has 1 aromatic heterocycles. The SMILES string of the molecule is FC(F)CNCc1c[nH]c2ccccc12. The van der Waals surface area contributed by atoms with Crippen molar-refractivity contribution < 1.29 is 8.78 Å². The monoisotopic (exact) mass is 210 g/mol. The van der Waals surface area contributed by atoms with Crippen molar-refractivity contribution in [2.24, 2.45) is 0 Å². The first-order chi connectivity index (χ1) is 7.27. The summed E-state index contributed by atoms with van der Waals surface area (Å²) in [6, 6.07) is 7.82. The van der Waals surface area contributed by atoms with E-state index in [1.54, 1.807) is 0 Å². The molecule has 0 fully saturated rings. The molecule has 2 rings (SSSR count). The van der Waals surface area contributed by atoms with Gasteiger partial charge in [-0.1, -0.05) is 18.2 Å². The molecule has 0 bridgehead atoms. The maximum Gasteiger partial charge on any atom is 0.250 e. The minimum atomic E-state index is -2.30. The molecule has 0 saturated carbocycles. The third-order valence-corrected chi connectivity index (χ3v) is 2.29. The van der Waals surface area contributed by atoms with Crippen molar-refractivity contribution >= 4 is 10.9 Å². The summed E-state index contributed by atoms with van der Waals surface area (Å²) in [5, 5.41) is 3.79. The van der Waals surface area contributed by atoms with Crippen molar-refractivity contribution in [1.29, 1.82) is 0 Å². The molecule has 0 aliphatic carbocycles. The third kappa shape index (κ3) is 2.33. The van der Waals surface area contributed by atoms with Crippen LogP contribution < -0.4 is 5.32 Å². The lowest BCUT2D eigenvalue weighted by Gasteiger charge is -2.02. The molecule has 4 heteroatoms. The molecule has 0 aliphatic rings. The van der Waals surface area contributed by atoms with Gasteiger partial charge in [0.2, 0.25) is 0 Å². The Kier molecular flexibility index (Phi) is 2.97. The predicted molar refractivity (Wildman–Crippen MR) is 56.0 cm³/mol. The maximum absolute atomic E-state index is 11.9. The summed E-state index contributed by atoms with van der Waals surface area (Å²) < 4.78 is 23.8. The Morgan fingerprint density at radius 2 is 2.07 bits per heavy atom. The Labute approximate surface area is 86.3 Å². The van der Waals surface area contributed by atoms with E-state index in [1.807, 2.05) is 30.5 Å². The van der Waals surface area contributed by atoms with Gasteiger partial charge in [-0.2, -0.15) is 0 Å². The maximum atomic E-state index is 11.9. The van der Waals surface area contributed by atoms with Crippen molar-refractivity contribution in [1.82, 2.24) is 10.3 Å². The van der Waals surface area contributed by atoms with Gasteiger partial charge in [0.25, 0.3) is 6.43 Å². The summed E-state index contributed by atoms with van der Waals surface area (Å²) in [5.41, 5.74) is 2.05. The second-order valence-electron chi connectivity index (χ2n) is 3.38. The molecule has 2 aromatic rings. The molecule has 0 spiro atoms. The van der Waals surface area contributed by atoms with Crippen LogP contribution in [0.15, 0.2) is 30.5 Å². The number of hydrogen-bond donors (Lipinski definition) is 2. The highest BCUT2D eigenvalue weighted by Gasteiger charge is 2.04. The van der Waals surface area contributed by atoms with Crippen molar-refractivity contribution in [2.75, 3.05) is 6.54 Å². The first kappa shape index (κ1) is 10.1. The van der Waals surface area contributed by atoms with Crippen molar-refractivity contribution in [3.8, 4) is 0 Å². The van der Waals surface area contributed by atoms with Gasteiger partial charge in [0.15, 0.2) is 0 Å². The molecule has 0 atom stereocenters. The van der Waals surface area contributed by atoms with Gasteiger partial charge < -0.3 is 10.3 Å². The van der Waals surface area contributed by atoms with E-state index in [9.17, 15) is 8.78 Å². The summed E-state index contributed by atoms with van der Waals surface area (Å²) in [5.74, 6) is 0. The molecule has 1 heterocycles. The van der Waals surface area contributed by atoms with Gasteiger partial charge in [-0.15, -0.1) is 0 Å². The summed E-state index contributed by atoms with van der Waals surface area (Å²) >= 11 is 0. The van der Waals surface area contributed by atoms with Gasteiger partial charge in [-0.3, -0.25) is 0 Å². The van der Waals surface area contributed by atoms with E-state index in [2.05, 4.69) is 10.3 Å². The van der Waals surface area contributed by atoms with E-state index in [-0.39, 0.29) is 6.54 Å². The van der Waals surface area contributed by atoms with E-state index in [4.69, 9.17) is 0 Å². The summed E-state index contributed by atoms with van der Waals surface area (Å²) in [4.78, 5) is 3.10. The van der Waals surface area contributed by atoms with Gasteiger partial charge in [0.1, 0.15) is 0 Å². The highest BCUT2D eigenvalue weighted by atomic mass is 19.3. The summed E-state index contributed by atoms with van der Waals surface area (Å²) in [7, 11) is 0. The predicted octanol–water partition coefficient (Wildman–Crippen LogP) is 2.52. The fourth-order valence-electron chi connectivity index (χ4n) is 1.59. The first-order valence-electron chi connectivity index (χ1n) is 4.81. The lowest BCUT2D eigenvalue weighted by molar-refractivity contribution is 0.145. The van der Waals surface area contributed by atoms with Crippen molar-refractivity contribution in [3.63, 3.8) is 0 Å². The van der Waals surface area contributed by atoms with Crippen LogP contribution in [0.5, 0.6) is 0 Å². The van der Waals surface area contributed by atoms with E-state index in [1.165, 1.54) is 0 Å². The fraction of sp³-hybridized carbons (Fsp3) is 0.273. The Balaban J connectivity index is 2.08. The zero-order chi connectivity index (χ0) is 10.7. The number of hydrogen-bond acceptors (Lipinski definition) is 1. The Bertz CT molecular complexity index is 437. The molecule has 15 heavy (non-hydrogen) atoms. The van der Waals surface area contributed by atoms with Crippen LogP contribution in [0.25, 0.3) is 10.9 Å². The summed E-state index contributed by atoms with van der Waals surface area (Å²) in [6.07, 6.45) is -0.446. The number of para-hydroxylation sites is 1. The number of nitrogens with one attached hydrogen (secondary N) is 2. The largest absolute Gasteiger partial charge is 0.361 e. The van der Waals surface area contributed by atoms with Crippen LogP contribution in [0.4, 0.5) is 8.78 Å². The summed E-state index contributed by atoms with van der Waals surface area (Å²) in [6.45, 7) is 0.202. The van der Waals surface area contributed by atoms with Crippen LogP contribution in [0, 0.1) is 0 Å². The van der Waals surface area contributed by atoms with E-state index < -0.39 is 6.43 Å². The first-order valence-corrected chi connectivity index (χ1v) is 4.81. The highest BCUT2D eigenvalue weighted by molar-refractivity contribution is 5.82. The minimum Gasteiger partial charge on any atom is -0.361 e. The standard InChI is InChI=1S/C11H12F2N2/c12-11(13)7-14-5-8-6-15-10-4-2-1-3-9(8)10/h1-4,6,11,14-15H,5,7H2. The number of fused-ring (bicyclic) bond motifs is 1. The van der Waals surface area contributed by atoms with Crippen LogP contribution in [0.3, 0.4) is 0 Å². The van der Waals surface area contributed by atoms with Gasteiger partial charge in [-0.05, 0) is 11.6 Å². The fourth-order valence-corrected chi connectivity index (χ4v) is 1.59. The normalized spacial score (nSPS) is 11.4. The molecule has 0 saturated heterocycles. The molecular formula is C11H12F2N2. The second-order valence-corrected chi connectivity index (χ2v) is 3.38. The van der Waals surface area contributed by atoms with Gasteiger partial charge in [0.05, 0.1) is 6.54 Å². The van der Waals surface area contributed by atoms with Crippen molar-refractivity contribution in [3.05, 3.63) is 36.0 Å². The number of alkyl halides is 2. The molecule has 0 amide bonds. The second kappa shape index (κ2) is 4.40. The van der Waals surface area contributed by atoms with Crippen LogP contribution >= 0.6 is 0 Å². The molecule has 2 nitrogen and oxygen atoms in total. The zero-order valence-electron chi connectivity index (χ0n) is 8.13. The van der Waals surface area contributed by atoms with Crippen molar-refractivity contribution in [2.45, 2.75) is 13.0 Å². The molecule has 0 unspecified atom stereocenters. The number of aromatic nitrogens is 1. The van der Waals surface area contributed by atoms with Crippen LogP contribution in [-0.4, -0.2) is 18.0 Å². The number of benzene rings is 1. The lowest BCUT2D eigenvalue weighted by atomic mass is 10.2. The molecular weight excluding hydrogens is 198 g/mol. The molecule has 1 aromatic carbocycles. The Morgan fingerprint density at radius 3 is 2.87 bits per heavy atom. The number of aromatic amines is 1. The molecule has 80 valence electrons. The topological polar surface area (TPSA) is 27.8 Å². The van der Waals surface area contributed by atoms with Gasteiger partial charge >= 0.3 is 0 Å². The minimum absolute atomic E-state index is 0.264. The average molecular weight is 210 g/mol. The van der Waals surface area contributed by atoms with Gasteiger partial charge in [-0.25, -0.2) is 8.78 Å². The van der Waals surface area contributed by atoms with E-state index in [0.29, 0.717) is 6.54 Å².